The van der Waals surface area contributed by atoms with Gasteiger partial charge in [-0.05, 0) is 25.3 Å². The monoisotopic (exact) mass is 347 g/mol. The largest absolute Gasteiger partial charge is 0.356 e. The number of allylic oxidation sites excluding steroid dienone is 2. The number of ether oxygens (including phenoxy) is 1. The Bertz CT molecular complexity index is 497. The van der Waals surface area contributed by atoms with Crippen molar-refractivity contribution in [2.45, 2.75) is 89.3 Å². The van der Waals surface area contributed by atoms with Crippen molar-refractivity contribution in [2.24, 2.45) is 0 Å². The quantitative estimate of drug-likeness (QED) is 0.377. The summed E-state index contributed by atoms with van der Waals surface area (Å²) in [6, 6.07) is 0. The van der Waals surface area contributed by atoms with Crippen molar-refractivity contribution in [1.82, 2.24) is 5.32 Å². The minimum atomic E-state index is -0.639. The maximum Gasteiger partial charge on any atom is 0.219 e. The normalized spacial score (nSPS) is 23.3. The van der Waals surface area contributed by atoms with Crippen molar-refractivity contribution < 1.29 is 14.3 Å². The Kier molecular flexibility index (Phi) is 8.39. The van der Waals surface area contributed by atoms with Crippen LogP contribution >= 0.6 is 0 Å². The number of Topliss-reactive ketones (excluding diaryl/α,β-unsaturated/α-hetero) is 1. The minimum absolute atomic E-state index is 0.0359. The van der Waals surface area contributed by atoms with Gasteiger partial charge in [0.1, 0.15) is 6.10 Å². The first-order chi connectivity index (χ1) is 12.2. The second-order valence-electron chi connectivity index (χ2n) is 7.18. The first-order valence-electron chi connectivity index (χ1n) is 10.0. The van der Waals surface area contributed by atoms with Crippen molar-refractivity contribution >= 4 is 11.7 Å². The predicted octanol–water partition coefficient (Wildman–Crippen LogP) is 4.25. The average Bonchev–Trinajstić information content (AvgIpc) is 3.37. The van der Waals surface area contributed by atoms with Gasteiger partial charge in [-0.2, -0.15) is 0 Å². The number of nitrogens with one attached hydrogen (secondary N) is 1. The molecule has 1 N–H and O–H groups in total. The van der Waals surface area contributed by atoms with E-state index in [9.17, 15) is 9.59 Å². The summed E-state index contributed by atoms with van der Waals surface area (Å²) < 4.78 is 5.53. The lowest BCUT2D eigenvalue weighted by molar-refractivity contribution is -0.123. The van der Waals surface area contributed by atoms with Crippen LogP contribution in [0.5, 0.6) is 0 Å². The zero-order chi connectivity index (χ0) is 18.0. The molecule has 2 unspecified atom stereocenters. The molecule has 2 aliphatic rings. The van der Waals surface area contributed by atoms with E-state index in [1.165, 1.54) is 25.7 Å². The highest BCUT2D eigenvalue weighted by atomic mass is 16.6. The fraction of sp³-hybridized carbons (Fsp3) is 0.714. The summed E-state index contributed by atoms with van der Waals surface area (Å²) in [4.78, 5) is 24.0. The van der Waals surface area contributed by atoms with Crippen LogP contribution in [0.15, 0.2) is 24.3 Å². The summed E-state index contributed by atoms with van der Waals surface area (Å²) in [5.41, 5.74) is -0.639. The van der Waals surface area contributed by atoms with Crippen LogP contribution in [0.3, 0.4) is 0 Å². The van der Waals surface area contributed by atoms with Gasteiger partial charge in [-0.3, -0.25) is 9.59 Å². The molecule has 0 aromatic heterocycles. The second kappa shape index (κ2) is 10.5. The molecule has 1 heterocycles. The number of rotatable bonds is 14. The second-order valence-corrected chi connectivity index (χ2v) is 7.18. The Morgan fingerprint density at radius 1 is 0.960 bits per heavy atom. The molecule has 0 bridgehead atoms. The fourth-order valence-corrected chi connectivity index (χ4v) is 3.34. The van der Waals surface area contributed by atoms with E-state index in [1.54, 1.807) is 0 Å². The van der Waals surface area contributed by atoms with Crippen molar-refractivity contribution in [2.75, 3.05) is 6.54 Å². The van der Waals surface area contributed by atoms with Crippen LogP contribution in [0, 0.1) is 0 Å². The smallest absolute Gasteiger partial charge is 0.219 e. The lowest BCUT2D eigenvalue weighted by Gasteiger charge is -2.08. The molecule has 1 fully saturated rings. The van der Waals surface area contributed by atoms with Gasteiger partial charge in [-0.25, -0.2) is 0 Å². The summed E-state index contributed by atoms with van der Waals surface area (Å²) in [5.74, 6) is 0.351. The van der Waals surface area contributed by atoms with Gasteiger partial charge in [-0.15, -0.1) is 0 Å². The van der Waals surface area contributed by atoms with E-state index in [-0.39, 0.29) is 17.8 Å². The molecule has 1 saturated heterocycles. The molecule has 1 amide bonds. The fourth-order valence-electron chi connectivity index (χ4n) is 3.34. The van der Waals surface area contributed by atoms with Gasteiger partial charge >= 0.3 is 0 Å². The van der Waals surface area contributed by atoms with Crippen molar-refractivity contribution in [1.29, 1.82) is 0 Å². The first kappa shape index (κ1) is 19.9. The van der Waals surface area contributed by atoms with Gasteiger partial charge in [0.05, 0.1) is 0 Å². The van der Waals surface area contributed by atoms with Crippen molar-refractivity contribution in [3.8, 4) is 0 Å². The maximum atomic E-state index is 12.2. The van der Waals surface area contributed by atoms with E-state index in [1.807, 2.05) is 24.3 Å². The number of fused-ring (bicyclic) bond motifs is 1. The molecule has 0 spiro atoms. The maximum absolute atomic E-state index is 12.2. The van der Waals surface area contributed by atoms with E-state index < -0.39 is 5.60 Å². The molecule has 0 aromatic rings. The molecule has 25 heavy (non-hydrogen) atoms. The highest BCUT2D eigenvalue weighted by Gasteiger charge is 2.58. The van der Waals surface area contributed by atoms with Crippen LogP contribution in [0.1, 0.15) is 77.6 Å². The third-order valence-corrected chi connectivity index (χ3v) is 5.02. The molecule has 1 aliphatic carbocycles. The van der Waals surface area contributed by atoms with E-state index in [2.05, 4.69) is 12.2 Å². The van der Waals surface area contributed by atoms with Gasteiger partial charge in [0, 0.05) is 19.4 Å². The summed E-state index contributed by atoms with van der Waals surface area (Å²) >= 11 is 0. The highest BCUT2D eigenvalue weighted by molar-refractivity contribution is 5.93. The molecule has 4 heteroatoms. The van der Waals surface area contributed by atoms with E-state index in [0.29, 0.717) is 12.8 Å². The molecular formula is C21H33NO3. The number of carbonyl (C=O) groups is 2. The molecule has 2 atom stereocenters. The van der Waals surface area contributed by atoms with Crippen LogP contribution < -0.4 is 5.32 Å². The Morgan fingerprint density at radius 3 is 2.48 bits per heavy atom. The van der Waals surface area contributed by atoms with Crippen LogP contribution in [0.2, 0.25) is 0 Å². The number of amides is 1. The number of epoxide rings is 1. The van der Waals surface area contributed by atoms with Gasteiger partial charge in [0.15, 0.2) is 11.4 Å². The van der Waals surface area contributed by atoms with Gasteiger partial charge < -0.3 is 10.1 Å². The topological polar surface area (TPSA) is 58.7 Å². The molecular weight excluding hydrogens is 314 g/mol. The van der Waals surface area contributed by atoms with Crippen LogP contribution in [0.4, 0.5) is 0 Å². The standard InChI is InChI=1S/C21H33NO3/c1-2-3-4-5-6-9-15-20(24)22-17-12-7-8-13-18(23)21-16-11-10-14-19(21)25-21/h10-11,14,16,19H,2-9,12-13,15,17H2,1H3,(H,22,24). The van der Waals surface area contributed by atoms with Crippen molar-refractivity contribution in [3.05, 3.63) is 24.3 Å². The lowest BCUT2D eigenvalue weighted by Crippen LogP contribution is -2.26. The third kappa shape index (κ3) is 6.43. The van der Waals surface area contributed by atoms with E-state index in [4.69, 9.17) is 4.74 Å². The lowest BCUT2D eigenvalue weighted by atomic mass is 9.92. The SMILES string of the molecule is CCCCCCCCC(=O)NCCCCCC(=O)C12C=CC=CC1O2. The number of carbonyl (C=O) groups excluding carboxylic acids is 2. The molecule has 0 aromatic carbocycles. The third-order valence-electron chi connectivity index (χ3n) is 5.02. The summed E-state index contributed by atoms with van der Waals surface area (Å²) in [7, 11) is 0. The molecule has 0 radical (unpaired) electrons. The zero-order valence-electron chi connectivity index (χ0n) is 15.6. The minimum Gasteiger partial charge on any atom is -0.356 e. The van der Waals surface area contributed by atoms with Gasteiger partial charge in [0.2, 0.25) is 5.91 Å². The zero-order valence-corrected chi connectivity index (χ0v) is 15.6. The Labute approximate surface area is 152 Å². The predicted molar refractivity (Wildman–Crippen MR) is 100 cm³/mol. The van der Waals surface area contributed by atoms with E-state index in [0.717, 1.165) is 38.6 Å². The Balaban J connectivity index is 1.41. The molecule has 140 valence electrons. The van der Waals surface area contributed by atoms with Crippen LogP contribution in [-0.2, 0) is 14.3 Å². The average molecular weight is 347 g/mol. The summed E-state index contributed by atoms with van der Waals surface area (Å²) in [6.45, 7) is 2.93. The van der Waals surface area contributed by atoms with Crippen LogP contribution in [0.25, 0.3) is 0 Å². The Morgan fingerprint density at radius 2 is 1.68 bits per heavy atom. The number of unbranched alkanes of at least 4 members (excludes halogenated alkanes) is 7. The molecule has 2 rings (SSSR count). The molecule has 0 saturated carbocycles. The highest BCUT2D eigenvalue weighted by Crippen LogP contribution is 2.43. The number of hydrogen-bond acceptors (Lipinski definition) is 3. The summed E-state index contributed by atoms with van der Waals surface area (Å²) in [5, 5.41) is 2.98. The Hall–Kier alpha value is -1.42. The van der Waals surface area contributed by atoms with Crippen LogP contribution in [-0.4, -0.2) is 29.9 Å². The van der Waals surface area contributed by atoms with Crippen molar-refractivity contribution in [3.63, 3.8) is 0 Å². The van der Waals surface area contributed by atoms with Gasteiger partial charge in [0.25, 0.3) is 0 Å². The van der Waals surface area contributed by atoms with E-state index >= 15 is 0 Å². The first-order valence-corrected chi connectivity index (χ1v) is 10.0. The number of hydrogen-bond donors (Lipinski definition) is 1. The van der Waals surface area contributed by atoms with Gasteiger partial charge in [-0.1, -0.05) is 63.7 Å². The number of ketones is 1. The molecule has 4 nitrogen and oxygen atoms in total. The molecule has 1 aliphatic heterocycles. The summed E-state index contributed by atoms with van der Waals surface area (Å²) in [6.07, 6.45) is 18.8.